The molecule has 0 amide bonds. The van der Waals surface area contributed by atoms with Gasteiger partial charge in [0.25, 0.3) is 0 Å². The van der Waals surface area contributed by atoms with Gasteiger partial charge in [-0.25, -0.2) is 0 Å². The number of hydrogen-bond acceptors (Lipinski definition) is 2. The van der Waals surface area contributed by atoms with Crippen LogP contribution < -0.4 is 0 Å². The Balaban J connectivity index is 1.97. The topological polar surface area (TPSA) is 23.5 Å². The molecule has 0 bridgehead atoms. The largest absolute Gasteiger partial charge is 0.391 e. The number of rotatable bonds is 3. The molecule has 0 spiro atoms. The van der Waals surface area contributed by atoms with E-state index in [-0.39, 0.29) is 11.5 Å². The van der Waals surface area contributed by atoms with E-state index in [9.17, 15) is 5.11 Å². The van der Waals surface area contributed by atoms with E-state index >= 15 is 0 Å². The summed E-state index contributed by atoms with van der Waals surface area (Å²) in [4.78, 5) is 2.33. The molecule has 1 fully saturated rings. The van der Waals surface area contributed by atoms with Gasteiger partial charge in [0.05, 0.1) is 6.10 Å². The average Bonchev–Trinajstić information content (AvgIpc) is 2.53. The molecule has 1 unspecified atom stereocenters. The van der Waals surface area contributed by atoms with E-state index in [0.29, 0.717) is 0 Å². The van der Waals surface area contributed by atoms with E-state index in [1.807, 2.05) is 6.07 Å². The van der Waals surface area contributed by atoms with Crippen molar-refractivity contribution >= 4 is 6.08 Å². The summed E-state index contributed by atoms with van der Waals surface area (Å²) in [5.41, 5.74) is 2.60. The fourth-order valence-electron chi connectivity index (χ4n) is 2.59. The molecule has 1 saturated heterocycles. The first-order valence-electron chi connectivity index (χ1n) is 6.60. The third kappa shape index (κ3) is 3.21. The molecule has 0 aromatic heterocycles. The minimum atomic E-state index is -0.206. The third-order valence-electron chi connectivity index (χ3n) is 3.65. The molecule has 98 valence electrons. The first-order chi connectivity index (χ1) is 8.47. The molecule has 2 rings (SSSR count). The molecule has 1 aliphatic rings. The Labute approximate surface area is 110 Å². The van der Waals surface area contributed by atoms with Crippen LogP contribution in [0.3, 0.4) is 0 Å². The first-order valence-corrected chi connectivity index (χ1v) is 6.60. The van der Waals surface area contributed by atoms with Crippen LogP contribution in [-0.2, 0) is 0 Å². The summed E-state index contributed by atoms with van der Waals surface area (Å²) < 4.78 is 0. The molecule has 1 heterocycles. The monoisotopic (exact) mass is 245 g/mol. The average molecular weight is 245 g/mol. The van der Waals surface area contributed by atoms with Crippen LogP contribution in [0, 0.1) is 5.41 Å². The lowest BCUT2D eigenvalue weighted by atomic mass is 9.90. The number of likely N-dealkylation sites (tertiary alicyclic amines) is 1. The molecule has 0 saturated carbocycles. The Bertz CT molecular complexity index is 422. The normalized spacial score (nSPS) is 24.4. The molecule has 2 heteroatoms. The zero-order valence-electron chi connectivity index (χ0n) is 11.6. The predicted octanol–water partition coefficient (Wildman–Crippen LogP) is 2.79. The zero-order valence-corrected chi connectivity index (χ0v) is 11.6. The maximum atomic E-state index is 9.97. The molecule has 1 aromatic carbocycles. The minimum absolute atomic E-state index is 0.0209. The second-order valence-corrected chi connectivity index (χ2v) is 6.08. The third-order valence-corrected chi connectivity index (χ3v) is 3.65. The van der Waals surface area contributed by atoms with Crippen molar-refractivity contribution in [1.82, 2.24) is 4.90 Å². The Morgan fingerprint density at radius 3 is 2.61 bits per heavy atom. The van der Waals surface area contributed by atoms with E-state index in [4.69, 9.17) is 0 Å². The molecule has 0 aliphatic carbocycles. The van der Waals surface area contributed by atoms with Gasteiger partial charge in [-0.05, 0) is 12.5 Å². The first kappa shape index (κ1) is 13.3. The number of hydrogen-bond donors (Lipinski definition) is 1. The van der Waals surface area contributed by atoms with Crippen LogP contribution in [0.1, 0.15) is 26.3 Å². The van der Waals surface area contributed by atoms with Crippen molar-refractivity contribution in [3.05, 3.63) is 41.5 Å². The van der Waals surface area contributed by atoms with Crippen molar-refractivity contribution in [2.45, 2.75) is 26.9 Å². The standard InChI is InChI=1S/C16H23NO/c1-13(9-14-7-5-4-6-8-14)10-17-11-15(18)16(2,3)12-17/h4-9,15,18H,10-12H2,1-3H3/b13-9+. The summed E-state index contributed by atoms with van der Waals surface area (Å²) in [5.74, 6) is 0. The lowest BCUT2D eigenvalue weighted by Crippen LogP contribution is -2.26. The highest BCUT2D eigenvalue weighted by molar-refractivity contribution is 5.52. The van der Waals surface area contributed by atoms with Gasteiger partial charge in [-0.15, -0.1) is 0 Å². The van der Waals surface area contributed by atoms with Gasteiger partial charge >= 0.3 is 0 Å². The lowest BCUT2D eigenvalue weighted by Gasteiger charge is -2.21. The Morgan fingerprint density at radius 1 is 1.39 bits per heavy atom. The van der Waals surface area contributed by atoms with E-state index in [2.05, 4.69) is 56.0 Å². The zero-order chi connectivity index (χ0) is 13.2. The van der Waals surface area contributed by atoms with Crippen LogP contribution in [0.4, 0.5) is 0 Å². The smallest absolute Gasteiger partial charge is 0.0730 e. The van der Waals surface area contributed by atoms with Crippen molar-refractivity contribution in [3.63, 3.8) is 0 Å². The van der Waals surface area contributed by atoms with Crippen molar-refractivity contribution in [3.8, 4) is 0 Å². The summed E-state index contributed by atoms with van der Waals surface area (Å²) >= 11 is 0. The van der Waals surface area contributed by atoms with E-state index in [1.165, 1.54) is 11.1 Å². The van der Waals surface area contributed by atoms with Crippen molar-refractivity contribution < 1.29 is 5.11 Å². The highest BCUT2D eigenvalue weighted by atomic mass is 16.3. The summed E-state index contributed by atoms with van der Waals surface area (Å²) in [6.45, 7) is 9.11. The summed E-state index contributed by atoms with van der Waals surface area (Å²) in [6, 6.07) is 10.4. The van der Waals surface area contributed by atoms with Crippen LogP contribution >= 0.6 is 0 Å². The second-order valence-electron chi connectivity index (χ2n) is 6.08. The molecule has 1 aromatic rings. The fourth-order valence-corrected chi connectivity index (χ4v) is 2.59. The molecule has 0 radical (unpaired) electrons. The molecular weight excluding hydrogens is 222 g/mol. The maximum absolute atomic E-state index is 9.97. The van der Waals surface area contributed by atoms with Crippen molar-refractivity contribution in [2.75, 3.05) is 19.6 Å². The number of nitrogens with zero attached hydrogens (tertiary/aromatic N) is 1. The summed E-state index contributed by atoms with van der Waals surface area (Å²) in [6.07, 6.45) is 2.01. The summed E-state index contributed by atoms with van der Waals surface area (Å²) in [5, 5.41) is 9.97. The van der Waals surface area contributed by atoms with Crippen LogP contribution in [0.15, 0.2) is 35.9 Å². The number of aliphatic hydroxyl groups excluding tert-OH is 1. The van der Waals surface area contributed by atoms with Crippen LogP contribution in [0.2, 0.25) is 0 Å². The molecule has 18 heavy (non-hydrogen) atoms. The minimum Gasteiger partial charge on any atom is -0.391 e. The van der Waals surface area contributed by atoms with Gasteiger partial charge in [-0.2, -0.15) is 0 Å². The van der Waals surface area contributed by atoms with Gasteiger partial charge in [0, 0.05) is 25.0 Å². The SMILES string of the molecule is C/C(=C\c1ccccc1)CN1CC(O)C(C)(C)C1. The van der Waals surface area contributed by atoms with Crippen molar-refractivity contribution in [1.29, 1.82) is 0 Å². The Hall–Kier alpha value is -1.12. The predicted molar refractivity (Wildman–Crippen MR) is 76.3 cm³/mol. The van der Waals surface area contributed by atoms with Crippen molar-refractivity contribution in [2.24, 2.45) is 5.41 Å². The number of aliphatic hydroxyl groups is 1. The van der Waals surface area contributed by atoms with E-state index < -0.39 is 0 Å². The van der Waals surface area contributed by atoms with Crippen LogP contribution in [0.5, 0.6) is 0 Å². The van der Waals surface area contributed by atoms with Gasteiger partial charge in [0.2, 0.25) is 0 Å². The highest BCUT2D eigenvalue weighted by Gasteiger charge is 2.37. The van der Waals surface area contributed by atoms with E-state index in [0.717, 1.165) is 19.6 Å². The second kappa shape index (κ2) is 5.25. The Morgan fingerprint density at radius 2 is 2.06 bits per heavy atom. The van der Waals surface area contributed by atoms with E-state index in [1.54, 1.807) is 0 Å². The van der Waals surface area contributed by atoms with Gasteiger partial charge in [-0.3, -0.25) is 4.90 Å². The van der Waals surface area contributed by atoms with Gasteiger partial charge in [0.1, 0.15) is 0 Å². The van der Waals surface area contributed by atoms with Gasteiger partial charge in [0.15, 0.2) is 0 Å². The molecular formula is C16H23NO. The number of benzene rings is 1. The highest BCUT2D eigenvalue weighted by Crippen LogP contribution is 2.29. The van der Waals surface area contributed by atoms with Gasteiger partial charge in [-0.1, -0.05) is 55.8 Å². The fraction of sp³-hybridized carbons (Fsp3) is 0.500. The number of β-amino-alcohol motifs (C(OH)–C–C–N with tert-alkyl or cyclic N) is 1. The molecule has 1 N–H and O–H groups in total. The Kier molecular flexibility index (Phi) is 3.88. The van der Waals surface area contributed by atoms with Crippen LogP contribution in [-0.4, -0.2) is 35.7 Å². The summed E-state index contributed by atoms with van der Waals surface area (Å²) in [7, 11) is 0. The van der Waals surface area contributed by atoms with Crippen LogP contribution in [0.25, 0.3) is 6.08 Å². The van der Waals surface area contributed by atoms with Gasteiger partial charge < -0.3 is 5.11 Å². The molecule has 1 aliphatic heterocycles. The lowest BCUT2D eigenvalue weighted by molar-refractivity contribution is 0.0956. The quantitative estimate of drug-likeness (QED) is 0.885. The maximum Gasteiger partial charge on any atom is 0.0730 e. The molecule has 2 nitrogen and oxygen atoms in total. The molecule has 1 atom stereocenters.